The van der Waals surface area contributed by atoms with E-state index in [0.29, 0.717) is 37.5 Å². The second-order valence-corrected chi connectivity index (χ2v) is 6.96. The van der Waals surface area contributed by atoms with Crippen LogP contribution in [0.1, 0.15) is 6.42 Å². The first-order valence-electron chi connectivity index (χ1n) is 9.79. The molecule has 0 saturated carbocycles. The molecule has 1 aromatic carbocycles. The third-order valence-electron chi connectivity index (χ3n) is 4.96. The highest BCUT2D eigenvalue weighted by Gasteiger charge is 2.18. The smallest absolute Gasteiger partial charge is 0.230 e. The zero-order valence-electron chi connectivity index (χ0n) is 16.0. The lowest BCUT2D eigenvalue weighted by molar-refractivity contribution is 0.122. The lowest BCUT2D eigenvalue weighted by Crippen LogP contribution is -2.37. The van der Waals surface area contributed by atoms with Crippen molar-refractivity contribution in [1.29, 1.82) is 0 Å². The van der Waals surface area contributed by atoms with Gasteiger partial charge >= 0.3 is 0 Å². The van der Waals surface area contributed by atoms with Crippen LogP contribution in [0, 0.1) is 0 Å². The van der Waals surface area contributed by atoms with E-state index in [2.05, 4.69) is 47.3 Å². The molecule has 3 aromatic rings. The van der Waals surface area contributed by atoms with E-state index in [9.17, 15) is 0 Å². The van der Waals surface area contributed by atoms with Crippen LogP contribution in [0.4, 0.5) is 11.9 Å². The predicted molar refractivity (Wildman–Crippen MR) is 112 cm³/mol. The lowest BCUT2D eigenvalue weighted by Gasteiger charge is -2.27. The molecule has 2 aromatic heterocycles. The fourth-order valence-corrected chi connectivity index (χ4v) is 3.41. The summed E-state index contributed by atoms with van der Waals surface area (Å²) in [7, 11) is 0. The molecule has 2 aliphatic heterocycles. The number of hydrogen-bond acceptors (Lipinski definition) is 8. The first kappa shape index (κ1) is 17.7. The number of aliphatic imine (C=N–C) groups is 1. The van der Waals surface area contributed by atoms with Crippen molar-refractivity contribution in [3.8, 4) is 11.4 Å². The molecule has 4 heterocycles. The molecule has 2 N–H and O–H groups in total. The number of hydrogen-bond donors (Lipinski definition) is 2. The Kier molecular flexibility index (Phi) is 4.87. The number of nitrogens with zero attached hydrogens (tertiary/aromatic N) is 6. The number of nitrogens with one attached hydrogen (secondary N) is 2. The minimum absolute atomic E-state index is 0.0946. The highest BCUT2D eigenvalue weighted by atomic mass is 16.5. The van der Waals surface area contributed by atoms with Gasteiger partial charge in [0, 0.05) is 37.8 Å². The van der Waals surface area contributed by atoms with Crippen molar-refractivity contribution in [3.63, 3.8) is 0 Å². The number of aromatic nitrogens is 5. The van der Waals surface area contributed by atoms with Gasteiger partial charge in [-0.2, -0.15) is 15.0 Å². The van der Waals surface area contributed by atoms with Crippen molar-refractivity contribution in [2.75, 3.05) is 43.1 Å². The number of H-pyrrole nitrogens is 1. The highest BCUT2D eigenvalue weighted by Crippen LogP contribution is 2.23. The summed E-state index contributed by atoms with van der Waals surface area (Å²) in [6.45, 7) is 3.51. The van der Waals surface area contributed by atoms with Crippen molar-refractivity contribution in [3.05, 3.63) is 36.7 Å². The van der Waals surface area contributed by atoms with E-state index in [1.807, 2.05) is 24.4 Å². The Morgan fingerprint density at radius 2 is 2.10 bits per heavy atom. The summed E-state index contributed by atoms with van der Waals surface area (Å²) in [5.41, 5.74) is 2.78. The average molecular weight is 390 g/mol. The zero-order valence-corrected chi connectivity index (χ0v) is 16.0. The van der Waals surface area contributed by atoms with Gasteiger partial charge in [-0.05, 0) is 18.2 Å². The van der Waals surface area contributed by atoms with E-state index in [4.69, 9.17) is 9.72 Å². The van der Waals surface area contributed by atoms with Crippen molar-refractivity contribution in [1.82, 2.24) is 24.9 Å². The van der Waals surface area contributed by atoms with Crippen molar-refractivity contribution in [2.24, 2.45) is 4.99 Å². The molecule has 0 bridgehead atoms. The van der Waals surface area contributed by atoms with E-state index >= 15 is 0 Å². The summed E-state index contributed by atoms with van der Waals surface area (Å²) in [5, 5.41) is 3.33. The van der Waals surface area contributed by atoms with E-state index in [1.54, 1.807) is 6.33 Å². The fraction of sp³-hybridized carbons (Fsp3) is 0.350. The molecular weight excluding hydrogens is 368 g/mol. The van der Waals surface area contributed by atoms with Crippen molar-refractivity contribution >= 4 is 29.1 Å². The molecule has 1 saturated heterocycles. The van der Waals surface area contributed by atoms with E-state index < -0.39 is 0 Å². The van der Waals surface area contributed by atoms with Crippen molar-refractivity contribution in [2.45, 2.75) is 12.5 Å². The van der Waals surface area contributed by atoms with Crippen LogP contribution in [0.3, 0.4) is 0 Å². The molecule has 1 fully saturated rings. The van der Waals surface area contributed by atoms with Gasteiger partial charge in [0.05, 0.1) is 36.6 Å². The zero-order chi connectivity index (χ0) is 19.5. The number of imidazole rings is 1. The van der Waals surface area contributed by atoms with Crippen LogP contribution in [-0.2, 0) is 4.74 Å². The Hall–Kier alpha value is -3.33. The van der Waals surface area contributed by atoms with Crippen LogP contribution in [0.5, 0.6) is 0 Å². The Morgan fingerprint density at radius 1 is 1.17 bits per heavy atom. The maximum absolute atomic E-state index is 5.47. The van der Waals surface area contributed by atoms with Crippen LogP contribution >= 0.6 is 0 Å². The summed E-state index contributed by atoms with van der Waals surface area (Å²) in [4.78, 5) is 28.1. The van der Waals surface area contributed by atoms with Gasteiger partial charge in [-0.3, -0.25) is 4.99 Å². The molecule has 0 aliphatic carbocycles. The molecule has 9 heteroatoms. The monoisotopic (exact) mass is 390 g/mol. The minimum atomic E-state index is 0.0946. The maximum Gasteiger partial charge on any atom is 0.230 e. The number of benzene rings is 1. The van der Waals surface area contributed by atoms with Crippen LogP contribution in [0.25, 0.3) is 22.4 Å². The van der Waals surface area contributed by atoms with E-state index in [1.165, 1.54) is 0 Å². The fourth-order valence-electron chi connectivity index (χ4n) is 3.41. The second-order valence-electron chi connectivity index (χ2n) is 6.96. The molecule has 29 heavy (non-hydrogen) atoms. The summed E-state index contributed by atoms with van der Waals surface area (Å²) < 4.78 is 5.47. The predicted octanol–water partition coefficient (Wildman–Crippen LogP) is 2.06. The quantitative estimate of drug-likeness (QED) is 0.643. The third-order valence-corrected chi connectivity index (χ3v) is 4.96. The summed E-state index contributed by atoms with van der Waals surface area (Å²) in [6, 6.07) is 6.06. The molecule has 0 amide bonds. The first-order valence-corrected chi connectivity index (χ1v) is 9.79. The number of ether oxygens (including phenoxy) is 1. The number of allylic oxidation sites excluding steroid dienone is 1. The summed E-state index contributed by atoms with van der Waals surface area (Å²) in [6.07, 6.45) is 8.74. The highest BCUT2D eigenvalue weighted by molar-refractivity contribution is 5.80. The topological polar surface area (TPSA) is 104 Å². The molecule has 0 radical (unpaired) electrons. The van der Waals surface area contributed by atoms with Crippen LogP contribution in [0.2, 0.25) is 0 Å². The Morgan fingerprint density at radius 3 is 2.97 bits per heavy atom. The molecule has 9 nitrogen and oxygen atoms in total. The molecule has 1 unspecified atom stereocenters. The largest absolute Gasteiger partial charge is 0.378 e. The second kappa shape index (κ2) is 7.96. The van der Waals surface area contributed by atoms with Crippen LogP contribution in [0.15, 0.2) is 41.7 Å². The van der Waals surface area contributed by atoms with Gasteiger partial charge < -0.3 is 19.9 Å². The average Bonchev–Trinajstić information content (AvgIpc) is 3.27. The third kappa shape index (κ3) is 3.95. The number of dihydropyridines is 1. The summed E-state index contributed by atoms with van der Waals surface area (Å²) >= 11 is 0. The van der Waals surface area contributed by atoms with Crippen molar-refractivity contribution < 1.29 is 4.74 Å². The van der Waals surface area contributed by atoms with Gasteiger partial charge in [-0.25, -0.2) is 4.98 Å². The molecule has 148 valence electrons. The van der Waals surface area contributed by atoms with Gasteiger partial charge in [0.1, 0.15) is 0 Å². The number of fused-ring (bicyclic) bond motifs is 1. The van der Waals surface area contributed by atoms with Gasteiger partial charge in [0.15, 0.2) is 5.82 Å². The standard InChI is InChI=1S/C20H22N8O/c1-2-6-21-15(3-1)12-22-19-25-18(14-4-5-16-17(11-14)24-13-23-16)26-20(27-19)28-7-9-29-10-8-28/h1,3-6,11,13,15H,2,7-10,12H2,(H,23,24)(H,22,25,26,27). The number of aromatic amines is 1. The van der Waals surface area contributed by atoms with Gasteiger partial charge in [0.2, 0.25) is 11.9 Å². The molecule has 1 atom stereocenters. The van der Waals surface area contributed by atoms with Gasteiger partial charge in [-0.15, -0.1) is 0 Å². The Labute approximate surface area is 168 Å². The molecule has 5 rings (SSSR count). The number of morpholine rings is 1. The van der Waals surface area contributed by atoms with Gasteiger partial charge in [0.25, 0.3) is 0 Å². The molecule has 0 spiro atoms. The van der Waals surface area contributed by atoms with Gasteiger partial charge in [-0.1, -0.05) is 12.2 Å². The van der Waals surface area contributed by atoms with E-state index in [-0.39, 0.29) is 6.04 Å². The maximum atomic E-state index is 5.47. The van der Waals surface area contributed by atoms with E-state index in [0.717, 1.165) is 36.1 Å². The van der Waals surface area contributed by atoms with Crippen LogP contribution < -0.4 is 10.2 Å². The number of rotatable bonds is 5. The van der Waals surface area contributed by atoms with Crippen LogP contribution in [-0.4, -0.2) is 70.0 Å². The first-order chi connectivity index (χ1) is 14.3. The summed E-state index contributed by atoms with van der Waals surface area (Å²) in [5.74, 6) is 1.84. The SMILES string of the molecule is C1=CC(CNc2nc(-c3ccc4nc[nH]c4c3)nc(N3CCOCC3)n2)N=CC1. The Balaban J connectivity index is 1.47. The number of anilines is 2. The lowest BCUT2D eigenvalue weighted by atomic mass is 10.2. The molecular formula is C20H22N8O. The minimum Gasteiger partial charge on any atom is -0.378 e. The Bertz CT molecular complexity index is 1040. The normalized spacial score (nSPS) is 19.0. The molecule has 2 aliphatic rings.